The number of amides is 1. The van der Waals surface area contributed by atoms with Crippen LogP contribution < -0.4 is 9.80 Å². The largest absolute Gasteiger partial charge is 0.369 e. The number of H-pyrrole nitrogens is 1. The molecule has 7 nitrogen and oxygen atoms in total. The first-order valence-electron chi connectivity index (χ1n) is 11.4. The van der Waals surface area contributed by atoms with Crippen molar-refractivity contribution in [3.63, 3.8) is 0 Å². The van der Waals surface area contributed by atoms with Crippen LogP contribution in [0.25, 0.3) is 11.0 Å². The molecule has 0 spiro atoms. The van der Waals surface area contributed by atoms with Crippen LogP contribution in [-0.4, -0.2) is 44.9 Å². The quantitative estimate of drug-likeness (QED) is 0.489. The standard InChI is InChI=1S/C25H24F2N6O/c1-14-22-23(30-31(14)2)25(34)33(17-6-8-20-21(11-17)29-13-28-20)24(22)18-7-5-16(10-19(18)27)32-9-3-4-15(26)12-32/h5-8,10-11,13,15,24H,3-4,9,12H2,1-2H3,(H,28,29). The minimum atomic E-state index is -0.906. The molecule has 4 heterocycles. The van der Waals surface area contributed by atoms with E-state index in [4.69, 9.17) is 0 Å². The van der Waals surface area contributed by atoms with E-state index < -0.39 is 18.0 Å². The summed E-state index contributed by atoms with van der Waals surface area (Å²) in [5.41, 5.74) is 5.04. The summed E-state index contributed by atoms with van der Waals surface area (Å²) in [6.07, 6.45) is 1.97. The molecule has 2 aromatic heterocycles. The van der Waals surface area contributed by atoms with Gasteiger partial charge < -0.3 is 9.88 Å². The average molecular weight is 463 g/mol. The van der Waals surface area contributed by atoms with Gasteiger partial charge in [0.05, 0.1) is 23.4 Å². The zero-order valence-electron chi connectivity index (χ0n) is 18.9. The number of hydrogen-bond donors (Lipinski definition) is 1. The van der Waals surface area contributed by atoms with Gasteiger partial charge in [-0.2, -0.15) is 5.10 Å². The number of nitrogens with zero attached hydrogens (tertiary/aromatic N) is 5. The Bertz CT molecular complexity index is 1430. The van der Waals surface area contributed by atoms with Gasteiger partial charge in [-0.1, -0.05) is 6.07 Å². The van der Waals surface area contributed by atoms with Crippen LogP contribution in [0.3, 0.4) is 0 Å². The number of carbonyl (C=O) groups excluding carboxylic acids is 1. The normalized spacial score (nSPS) is 20.4. The van der Waals surface area contributed by atoms with Crippen LogP contribution in [-0.2, 0) is 7.05 Å². The van der Waals surface area contributed by atoms with Crippen LogP contribution in [0.2, 0.25) is 0 Å². The first-order valence-corrected chi connectivity index (χ1v) is 11.4. The van der Waals surface area contributed by atoms with Crippen LogP contribution in [0.1, 0.15) is 46.2 Å². The van der Waals surface area contributed by atoms with Gasteiger partial charge in [-0.05, 0) is 50.1 Å². The van der Waals surface area contributed by atoms with Gasteiger partial charge in [0, 0.05) is 48.3 Å². The summed E-state index contributed by atoms with van der Waals surface area (Å²) in [7, 11) is 1.78. The second kappa shape index (κ2) is 7.65. The van der Waals surface area contributed by atoms with Crippen molar-refractivity contribution in [1.29, 1.82) is 0 Å². The van der Waals surface area contributed by atoms with E-state index in [1.165, 1.54) is 6.07 Å². The highest BCUT2D eigenvalue weighted by Gasteiger charge is 2.44. The molecule has 1 saturated heterocycles. The summed E-state index contributed by atoms with van der Waals surface area (Å²) in [5, 5.41) is 4.44. The molecule has 0 aliphatic carbocycles. The van der Waals surface area contributed by atoms with E-state index in [1.807, 2.05) is 36.1 Å². The highest BCUT2D eigenvalue weighted by molar-refractivity contribution is 6.11. The van der Waals surface area contributed by atoms with Gasteiger partial charge >= 0.3 is 0 Å². The van der Waals surface area contributed by atoms with Gasteiger partial charge in [0.25, 0.3) is 5.91 Å². The predicted molar refractivity (Wildman–Crippen MR) is 125 cm³/mol. The lowest BCUT2D eigenvalue weighted by atomic mass is 9.97. The molecule has 2 aromatic carbocycles. The van der Waals surface area contributed by atoms with Crippen LogP contribution in [0, 0.1) is 12.7 Å². The van der Waals surface area contributed by atoms with Gasteiger partial charge in [0.2, 0.25) is 0 Å². The highest BCUT2D eigenvalue weighted by atomic mass is 19.1. The summed E-state index contributed by atoms with van der Waals surface area (Å²) in [4.78, 5) is 24.4. The van der Waals surface area contributed by atoms with Crippen LogP contribution >= 0.6 is 0 Å². The fourth-order valence-corrected chi connectivity index (χ4v) is 5.20. The molecule has 34 heavy (non-hydrogen) atoms. The van der Waals surface area contributed by atoms with E-state index in [-0.39, 0.29) is 12.5 Å². The van der Waals surface area contributed by atoms with E-state index in [1.54, 1.807) is 29.0 Å². The van der Waals surface area contributed by atoms with Gasteiger partial charge in [0.1, 0.15) is 12.0 Å². The lowest BCUT2D eigenvalue weighted by Crippen LogP contribution is -2.36. The maximum Gasteiger partial charge on any atom is 0.280 e. The summed E-state index contributed by atoms with van der Waals surface area (Å²) < 4.78 is 31.3. The van der Waals surface area contributed by atoms with Crippen LogP contribution in [0.5, 0.6) is 0 Å². The van der Waals surface area contributed by atoms with Gasteiger partial charge in [-0.3, -0.25) is 14.4 Å². The third-order valence-electron chi connectivity index (χ3n) is 7.02. The Balaban J connectivity index is 1.47. The number of hydrogen-bond acceptors (Lipinski definition) is 4. The van der Waals surface area contributed by atoms with Crippen molar-refractivity contribution in [2.45, 2.75) is 32.0 Å². The molecule has 9 heteroatoms. The van der Waals surface area contributed by atoms with Gasteiger partial charge in [-0.15, -0.1) is 0 Å². The van der Waals surface area contributed by atoms with Gasteiger partial charge in [0.15, 0.2) is 5.69 Å². The maximum absolute atomic E-state index is 15.7. The number of imidazole rings is 1. The van der Waals surface area contributed by atoms with E-state index in [0.29, 0.717) is 46.7 Å². The Morgan fingerprint density at radius 1 is 1.15 bits per heavy atom. The first-order chi connectivity index (χ1) is 16.4. The fraction of sp³-hybridized carbons (Fsp3) is 0.320. The molecule has 0 bridgehead atoms. The number of anilines is 2. The zero-order valence-corrected chi connectivity index (χ0v) is 18.9. The molecule has 2 aliphatic heterocycles. The lowest BCUT2D eigenvalue weighted by Gasteiger charge is -2.32. The predicted octanol–water partition coefficient (Wildman–Crippen LogP) is 4.43. The summed E-state index contributed by atoms with van der Waals surface area (Å²) in [5.74, 6) is -0.711. The minimum absolute atomic E-state index is 0.266. The fourth-order valence-electron chi connectivity index (χ4n) is 5.20. The Hall–Kier alpha value is -3.75. The maximum atomic E-state index is 15.7. The van der Waals surface area contributed by atoms with Crippen LogP contribution in [0.4, 0.5) is 20.2 Å². The number of alkyl halides is 1. The number of carbonyl (C=O) groups is 1. The molecular formula is C25H24F2N6O. The smallest absolute Gasteiger partial charge is 0.280 e. The number of aryl methyl sites for hydroxylation is 1. The van der Waals surface area contributed by atoms with Crippen molar-refractivity contribution in [1.82, 2.24) is 19.7 Å². The number of fused-ring (bicyclic) bond motifs is 2. The lowest BCUT2D eigenvalue weighted by molar-refractivity contribution is 0.0988. The molecule has 4 aromatic rings. The monoisotopic (exact) mass is 462 g/mol. The molecule has 6 rings (SSSR count). The van der Waals surface area contributed by atoms with Crippen molar-refractivity contribution in [3.8, 4) is 0 Å². The third-order valence-corrected chi connectivity index (χ3v) is 7.02. The molecular weight excluding hydrogens is 438 g/mol. The molecule has 1 amide bonds. The summed E-state index contributed by atoms with van der Waals surface area (Å²) >= 11 is 0. The molecule has 0 radical (unpaired) electrons. The molecule has 2 unspecified atom stereocenters. The van der Waals surface area contributed by atoms with Gasteiger partial charge in [-0.25, -0.2) is 13.8 Å². The highest BCUT2D eigenvalue weighted by Crippen LogP contribution is 2.44. The summed E-state index contributed by atoms with van der Waals surface area (Å²) in [6, 6.07) is 9.82. The Morgan fingerprint density at radius 2 is 1.97 bits per heavy atom. The number of halogens is 2. The third kappa shape index (κ3) is 3.10. The molecule has 2 atom stereocenters. The number of piperidine rings is 1. The first kappa shape index (κ1) is 20.8. The number of benzene rings is 2. The van der Waals surface area contributed by atoms with Crippen molar-refractivity contribution in [2.24, 2.45) is 7.05 Å². The van der Waals surface area contributed by atoms with Crippen molar-refractivity contribution >= 4 is 28.3 Å². The van der Waals surface area contributed by atoms with Crippen molar-refractivity contribution in [3.05, 3.63) is 71.1 Å². The molecule has 1 fully saturated rings. The van der Waals surface area contributed by atoms with E-state index >= 15 is 4.39 Å². The van der Waals surface area contributed by atoms with E-state index in [9.17, 15) is 9.18 Å². The molecule has 174 valence electrons. The Morgan fingerprint density at radius 3 is 2.76 bits per heavy atom. The van der Waals surface area contributed by atoms with E-state index in [0.717, 1.165) is 17.6 Å². The zero-order chi connectivity index (χ0) is 23.6. The molecule has 0 saturated carbocycles. The van der Waals surface area contributed by atoms with Crippen molar-refractivity contribution in [2.75, 3.05) is 22.9 Å². The van der Waals surface area contributed by atoms with Crippen LogP contribution in [0.15, 0.2) is 42.7 Å². The number of rotatable bonds is 3. The van der Waals surface area contributed by atoms with E-state index in [2.05, 4.69) is 15.1 Å². The molecule has 2 aliphatic rings. The van der Waals surface area contributed by atoms with Crippen molar-refractivity contribution < 1.29 is 13.6 Å². The minimum Gasteiger partial charge on any atom is -0.369 e. The number of aromatic nitrogens is 4. The number of nitrogens with one attached hydrogen (secondary N) is 1. The topological polar surface area (TPSA) is 70.0 Å². The SMILES string of the molecule is Cc1c2c(nn1C)C(=O)N(c1ccc3[nH]cnc3c1)C2c1ccc(N2CCCC(F)C2)cc1F. The molecule has 1 N–H and O–H groups in total. The summed E-state index contributed by atoms with van der Waals surface area (Å²) in [6.45, 7) is 2.85. The Labute approximate surface area is 195 Å². The second-order valence-corrected chi connectivity index (χ2v) is 9.04. The Kier molecular flexibility index (Phi) is 4.68. The second-order valence-electron chi connectivity index (χ2n) is 9.04. The number of aromatic amines is 1. The average Bonchev–Trinajstić information content (AvgIpc) is 3.48.